The summed E-state index contributed by atoms with van der Waals surface area (Å²) in [6, 6.07) is 0. The Morgan fingerprint density at radius 2 is 2.14 bits per heavy atom. The molecule has 7 nitrogen and oxygen atoms in total. The number of hydrogen-bond donors (Lipinski definition) is 1. The molecule has 22 heavy (non-hydrogen) atoms. The number of nitrogens with zero attached hydrogens (tertiary/aromatic N) is 6. The SMILES string of the molecule is Cn1cc(Nc2nc(C3=CCCCC3)cn3ncnc23)cn1. The van der Waals surface area contributed by atoms with E-state index < -0.39 is 0 Å². The van der Waals surface area contributed by atoms with Gasteiger partial charge < -0.3 is 5.32 Å². The summed E-state index contributed by atoms with van der Waals surface area (Å²) in [5, 5.41) is 11.7. The van der Waals surface area contributed by atoms with Crippen molar-refractivity contribution in [2.24, 2.45) is 7.05 Å². The lowest BCUT2D eigenvalue weighted by atomic mass is 9.97. The largest absolute Gasteiger partial charge is 0.334 e. The summed E-state index contributed by atoms with van der Waals surface area (Å²) in [5.41, 5.74) is 3.85. The minimum Gasteiger partial charge on any atom is -0.334 e. The second-order valence-corrected chi connectivity index (χ2v) is 5.51. The lowest BCUT2D eigenvalue weighted by Crippen LogP contribution is -2.04. The first-order chi connectivity index (χ1) is 10.8. The Bertz CT molecular complexity index is 843. The third kappa shape index (κ3) is 2.34. The van der Waals surface area contributed by atoms with Crippen molar-refractivity contribution in [3.05, 3.63) is 36.7 Å². The molecule has 0 bridgehead atoms. The molecule has 7 heteroatoms. The fraction of sp³-hybridized carbons (Fsp3) is 0.333. The molecule has 1 N–H and O–H groups in total. The van der Waals surface area contributed by atoms with E-state index in [0.29, 0.717) is 11.5 Å². The maximum absolute atomic E-state index is 4.76. The van der Waals surface area contributed by atoms with Gasteiger partial charge in [0, 0.05) is 13.2 Å². The van der Waals surface area contributed by atoms with E-state index in [0.717, 1.165) is 24.2 Å². The molecule has 1 aliphatic rings. The van der Waals surface area contributed by atoms with Gasteiger partial charge in [-0.1, -0.05) is 6.08 Å². The Kier molecular flexibility index (Phi) is 3.10. The second-order valence-electron chi connectivity index (χ2n) is 5.51. The molecule has 0 aromatic carbocycles. The van der Waals surface area contributed by atoms with Gasteiger partial charge in [-0.25, -0.2) is 14.5 Å². The van der Waals surface area contributed by atoms with E-state index in [1.807, 2.05) is 19.4 Å². The van der Waals surface area contributed by atoms with Gasteiger partial charge in [0.2, 0.25) is 0 Å². The van der Waals surface area contributed by atoms with E-state index in [-0.39, 0.29) is 0 Å². The third-order valence-corrected chi connectivity index (χ3v) is 3.85. The Morgan fingerprint density at radius 3 is 2.91 bits per heavy atom. The fourth-order valence-electron chi connectivity index (χ4n) is 2.76. The molecule has 4 rings (SSSR count). The van der Waals surface area contributed by atoms with Crippen molar-refractivity contribution >= 4 is 22.7 Å². The first-order valence-corrected chi connectivity index (χ1v) is 7.45. The van der Waals surface area contributed by atoms with Crippen LogP contribution in [-0.4, -0.2) is 29.4 Å². The molecule has 1 aliphatic carbocycles. The first-order valence-electron chi connectivity index (χ1n) is 7.45. The Balaban J connectivity index is 1.78. The van der Waals surface area contributed by atoms with Gasteiger partial charge in [0.25, 0.3) is 0 Å². The van der Waals surface area contributed by atoms with Gasteiger partial charge >= 0.3 is 0 Å². The maximum Gasteiger partial charge on any atom is 0.198 e. The van der Waals surface area contributed by atoms with Gasteiger partial charge in [0.15, 0.2) is 11.5 Å². The summed E-state index contributed by atoms with van der Waals surface area (Å²) in [6.45, 7) is 0. The molecular weight excluding hydrogens is 278 g/mol. The van der Waals surface area contributed by atoms with Crippen molar-refractivity contribution in [3.8, 4) is 0 Å². The molecule has 0 saturated heterocycles. The van der Waals surface area contributed by atoms with Crippen LogP contribution >= 0.6 is 0 Å². The number of nitrogens with one attached hydrogen (secondary N) is 1. The summed E-state index contributed by atoms with van der Waals surface area (Å²) in [4.78, 5) is 9.05. The van der Waals surface area contributed by atoms with Gasteiger partial charge in [-0.15, -0.1) is 0 Å². The van der Waals surface area contributed by atoms with Crippen molar-refractivity contribution in [1.82, 2.24) is 29.4 Å². The minimum absolute atomic E-state index is 0.703. The summed E-state index contributed by atoms with van der Waals surface area (Å²) in [6.07, 6.45) is 14.1. The van der Waals surface area contributed by atoms with E-state index in [9.17, 15) is 0 Å². The van der Waals surface area contributed by atoms with E-state index >= 15 is 0 Å². The van der Waals surface area contributed by atoms with E-state index in [2.05, 4.69) is 26.6 Å². The first kappa shape index (κ1) is 13.0. The van der Waals surface area contributed by atoms with Gasteiger partial charge in [-0.05, 0) is 31.3 Å². The molecule has 0 atom stereocenters. The number of allylic oxidation sites excluding steroid dienone is 2. The highest BCUT2D eigenvalue weighted by atomic mass is 15.3. The van der Waals surface area contributed by atoms with Crippen LogP contribution in [0.15, 0.2) is 31.0 Å². The summed E-state index contributed by atoms with van der Waals surface area (Å²) in [5.74, 6) is 0.703. The topological polar surface area (TPSA) is 72.9 Å². The lowest BCUT2D eigenvalue weighted by Gasteiger charge is -2.13. The van der Waals surface area contributed by atoms with Crippen LogP contribution < -0.4 is 5.32 Å². The van der Waals surface area contributed by atoms with Gasteiger partial charge in [0.05, 0.1) is 23.8 Å². The predicted octanol–water partition coefficient (Wildman–Crippen LogP) is 2.56. The molecular formula is C15H17N7. The number of rotatable bonds is 3. The molecule has 0 saturated carbocycles. The molecule has 0 unspecified atom stereocenters. The zero-order valence-electron chi connectivity index (χ0n) is 12.4. The molecule has 0 radical (unpaired) electrons. The number of fused-ring (bicyclic) bond motifs is 1. The molecule has 3 aromatic rings. The zero-order valence-corrected chi connectivity index (χ0v) is 12.4. The monoisotopic (exact) mass is 295 g/mol. The Labute approximate surface area is 127 Å². The van der Waals surface area contributed by atoms with Crippen LogP contribution in [0.4, 0.5) is 11.5 Å². The van der Waals surface area contributed by atoms with Crippen LogP contribution in [0.5, 0.6) is 0 Å². The summed E-state index contributed by atoms with van der Waals surface area (Å²) >= 11 is 0. The minimum atomic E-state index is 0.703. The molecule has 0 amide bonds. The normalized spacial score (nSPS) is 15.0. The zero-order chi connectivity index (χ0) is 14.9. The van der Waals surface area contributed by atoms with Gasteiger partial charge in [0.1, 0.15) is 6.33 Å². The van der Waals surface area contributed by atoms with Crippen LogP contribution in [0.25, 0.3) is 11.2 Å². The van der Waals surface area contributed by atoms with Crippen LogP contribution in [0.1, 0.15) is 31.4 Å². The standard InChI is InChI=1S/C15H17N7/c1-21-8-12(7-17-21)19-14-15-16-10-18-22(15)9-13(20-14)11-5-3-2-4-6-11/h5,7-10H,2-4,6H2,1H3,(H,19,20). The van der Waals surface area contributed by atoms with Crippen LogP contribution in [0.3, 0.4) is 0 Å². The molecule has 3 heterocycles. The third-order valence-electron chi connectivity index (χ3n) is 3.85. The van der Waals surface area contributed by atoms with Gasteiger partial charge in [-0.3, -0.25) is 4.68 Å². The Hall–Kier alpha value is -2.70. The molecule has 0 aliphatic heterocycles. The highest BCUT2D eigenvalue weighted by Crippen LogP contribution is 2.27. The number of aromatic nitrogens is 6. The van der Waals surface area contributed by atoms with Gasteiger partial charge in [-0.2, -0.15) is 10.2 Å². The van der Waals surface area contributed by atoms with Crippen LogP contribution in [0.2, 0.25) is 0 Å². The average Bonchev–Trinajstić information content (AvgIpc) is 3.17. The molecule has 0 fully saturated rings. The van der Waals surface area contributed by atoms with Crippen molar-refractivity contribution in [3.63, 3.8) is 0 Å². The smallest absolute Gasteiger partial charge is 0.198 e. The quantitative estimate of drug-likeness (QED) is 0.804. The summed E-state index contributed by atoms with van der Waals surface area (Å²) < 4.78 is 3.52. The fourth-order valence-corrected chi connectivity index (χ4v) is 2.76. The molecule has 0 spiro atoms. The lowest BCUT2D eigenvalue weighted by molar-refractivity contribution is 0.738. The van der Waals surface area contributed by atoms with E-state index in [1.165, 1.54) is 18.4 Å². The van der Waals surface area contributed by atoms with Crippen molar-refractivity contribution in [2.45, 2.75) is 25.7 Å². The number of anilines is 2. The van der Waals surface area contributed by atoms with Crippen molar-refractivity contribution < 1.29 is 0 Å². The van der Waals surface area contributed by atoms with E-state index in [4.69, 9.17) is 4.98 Å². The van der Waals surface area contributed by atoms with Crippen LogP contribution in [-0.2, 0) is 7.05 Å². The summed E-state index contributed by atoms with van der Waals surface area (Å²) in [7, 11) is 1.88. The number of aryl methyl sites for hydroxylation is 1. The number of hydrogen-bond acceptors (Lipinski definition) is 5. The Morgan fingerprint density at radius 1 is 1.18 bits per heavy atom. The van der Waals surface area contributed by atoms with E-state index in [1.54, 1.807) is 21.7 Å². The van der Waals surface area contributed by atoms with Crippen molar-refractivity contribution in [2.75, 3.05) is 5.32 Å². The highest BCUT2D eigenvalue weighted by molar-refractivity contribution is 5.72. The highest BCUT2D eigenvalue weighted by Gasteiger charge is 2.13. The predicted molar refractivity (Wildman–Crippen MR) is 83.7 cm³/mol. The molecule has 3 aromatic heterocycles. The van der Waals surface area contributed by atoms with Crippen molar-refractivity contribution in [1.29, 1.82) is 0 Å². The second kappa shape index (κ2) is 5.25. The van der Waals surface area contributed by atoms with Crippen LogP contribution in [0, 0.1) is 0 Å². The average molecular weight is 295 g/mol. The molecule has 112 valence electrons. The maximum atomic E-state index is 4.76.